The predicted octanol–water partition coefficient (Wildman–Crippen LogP) is 1.41. The molecule has 1 heterocycles. The van der Waals surface area contributed by atoms with Gasteiger partial charge in [0, 0.05) is 18.3 Å². The highest BCUT2D eigenvalue weighted by molar-refractivity contribution is 5.42. The van der Waals surface area contributed by atoms with Gasteiger partial charge in [-0.25, -0.2) is 0 Å². The molecule has 0 unspecified atom stereocenters. The third-order valence-corrected chi connectivity index (χ3v) is 2.71. The summed E-state index contributed by atoms with van der Waals surface area (Å²) in [5.41, 5.74) is 7.67. The summed E-state index contributed by atoms with van der Waals surface area (Å²) in [5.74, 6) is 1.45. The molecule has 96 valence electrons. The van der Waals surface area contributed by atoms with Crippen LogP contribution < -0.4 is 15.2 Å². The Bertz CT molecular complexity index is 523. The average Bonchev–Trinajstić information content (AvgIpc) is 2.86. The van der Waals surface area contributed by atoms with E-state index in [1.165, 1.54) is 0 Å². The minimum Gasteiger partial charge on any atom is -0.493 e. The van der Waals surface area contributed by atoms with E-state index in [9.17, 15) is 0 Å². The van der Waals surface area contributed by atoms with Crippen LogP contribution in [0.4, 0.5) is 0 Å². The number of hydrogen-bond acceptors (Lipinski definition) is 4. The summed E-state index contributed by atoms with van der Waals surface area (Å²) in [6, 6.07) is 5.83. The van der Waals surface area contributed by atoms with Gasteiger partial charge in [0.05, 0.1) is 27.0 Å². The Morgan fingerprint density at radius 2 is 1.94 bits per heavy atom. The maximum absolute atomic E-state index is 5.55. The molecule has 0 aliphatic carbocycles. The van der Waals surface area contributed by atoms with Crippen molar-refractivity contribution in [3.63, 3.8) is 0 Å². The van der Waals surface area contributed by atoms with Gasteiger partial charge < -0.3 is 15.2 Å². The van der Waals surface area contributed by atoms with E-state index < -0.39 is 0 Å². The Morgan fingerprint density at radius 1 is 1.17 bits per heavy atom. The van der Waals surface area contributed by atoms with Crippen molar-refractivity contribution in [3.05, 3.63) is 41.7 Å². The second-order valence-corrected chi connectivity index (χ2v) is 3.94. The molecule has 0 atom stereocenters. The van der Waals surface area contributed by atoms with Crippen LogP contribution in [0.5, 0.6) is 11.5 Å². The highest BCUT2D eigenvalue weighted by Crippen LogP contribution is 2.27. The molecule has 2 rings (SSSR count). The molecule has 5 nitrogen and oxygen atoms in total. The lowest BCUT2D eigenvalue weighted by Gasteiger charge is -2.09. The topological polar surface area (TPSA) is 62.3 Å². The zero-order valence-corrected chi connectivity index (χ0v) is 10.6. The van der Waals surface area contributed by atoms with Crippen LogP contribution in [-0.4, -0.2) is 24.0 Å². The molecule has 1 aromatic carbocycles. The molecule has 0 amide bonds. The second-order valence-electron chi connectivity index (χ2n) is 3.94. The molecule has 0 fully saturated rings. The summed E-state index contributed by atoms with van der Waals surface area (Å²) in [5, 5.41) is 4.24. The van der Waals surface area contributed by atoms with Crippen LogP contribution in [0.1, 0.15) is 11.1 Å². The van der Waals surface area contributed by atoms with E-state index in [2.05, 4.69) is 5.10 Å². The lowest BCUT2D eigenvalue weighted by atomic mass is 10.2. The van der Waals surface area contributed by atoms with Gasteiger partial charge in [-0.3, -0.25) is 4.68 Å². The number of nitrogens with two attached hydrogens (primary N) is 1. The zero-order chi connectivity index (χ0) is 13.0. The van der Waals surface area contributed by atoms with Gasteiger partial charge in [0.25, 0.3) is 0 Å². The predicted molar refractivity (Wildman–Crippen MR) is 68.8 cm³/mol. The minimum atomic E-state index is 0.506. The summed E-state index contributed by atoms with van der Waals surface area (Å²) in [6.45, 7) is 1.19. The first-order chi connectivity index (χ1) is 8.76. The van der Waals surface area contributed by atoms with Gasteiger partial charge in [-0.2, -0.15) is 5.10 Å². The summed E-state index contributed by atoms with van der Waals surface area (Å²) >= 11 is 0. The monoisotopic (exact) mass is 247 g/mol. The number of methoxy groups -OCH3 is 2. The first kappa shape index (κ1) is 12.4. The van der Waals surface area contributed by atoms with E-state index in [4.69, 9.17) is 15.2 Å². The standard InChI is InChI=1S/C13H17N3O2/c1-17-12-4-3-10(5-13(12)18-2)8-16-9-11(6-14)7-15-16/h3-5,7,9H,6,8,14H2,1-2H3. The third kappa shape index (κ3) is 2.62. The SMILES string of the molecule is COc1ccc(Cn2cc(CN)cn2)cc1OC. The minimum absolute atomic E-state index is 0.506. The first-order valence-electron chi connectivity index (χ1n) is 5.69. The zero-order valence-electron chi connectivity index (χ0n) is 10.6. The van der Waals surface area contributed by atoms with Crippen molar-refractivity contribution < 1.29 is 9.47 Å². The first-order valence-corrected chi connectivity index (χ1v) is 5.69. The highest BCUT2D eigenvalue weighted by atomic mass is 16.5. The number of nitrogens with zero attached hydrogens (tertiary/aromatic N) is 2. The fourth-order valence-electron chi connectivity index (χ4n) is 1.76. The average molecular weight is 247 g/mol. The molecule has 0 saturated carbocycles. The van der Waals surface area contributed by atoms with E-state index in [0.29, 0.717) is 13.1 Å². The fraction of sp³-hybridized carbons (Fsp3) is 0.308. The maximum atomic E-state index is 5.55. The molecule has 0 spiro atoms. The Balaban J connectivity index is 2.18. The maximum Gasteiger partial charge on any atom is 0.161 e. The van der Waals surface area contributed by atoms with Crippen molar-refractivity contribution >= 4 is 0 Å². The molecule has 18 heavy (non-hydrogen) atoms. The van der Waals surface area contributed by atoms with E-state index >= 15 is 0 Å². The highest BCUT2D eigenvalue weighted by Gasteiger charge is 2.05. The number of aromatic nitrogens is 2. The molecule has 0 aliphatic heterocycles. The fourth-order valence-corrected chi connectivity index (χ4v) is 1.76. The van der Waals surface area contributed by atoms with Gasteiger partial charge in [-0.1, -0.05) is 6.07 Å². The molecule has 0 aliphatic rings. The molecule has 0 bridgehead atoms. The Kier molecular flexibility index (Phi) is 3.84. The Morgan fingerprint density at radius 3 is 2.56 bits per heavy atom. The molecule has 0 saturated heterocycles. The van der Waals surface area contributed by atoms with Crippen LogP contribution in [0, 0.1) is 0 Å². The lowest BCUT2D eigenvalue weighted by Crippen LogP contribution is -2.01. The van der Waals surface area contributed by atoms with Gasteiger partial charge in [-0.15, -0.1) is 0 Å². The number of benzene rings is 1. The van der Waals surface area contributed by atoms with Crippen LogP contribution in [-0.2, 0) is 13.1 Å². The molecule has 0 radical (unpaired) electrons. The smallest absolute Gasteiger partial charge is 0.161 e. The molecular formula is C13H17N3O2. The van der Waals surface area contributed by atoms with Crippen molar-refractivity contribution in [3.8, 4) is 11.5 Å². The van der Waals surface area contributed by atoms with Gasteiger partial charge >= 0.3 is 0 Å². The van der Waals surface area contributed by atoms with Crippen molar-refractivity contribution in [1.82, 2.24) is 9.78 Å². The summed E-state index contributed by atoms with van der Waals surface area (Å²) < 4.78 is 12.3. The number of hydrogen-bond donors (Lipinski definition) is 1. The van der Waals surface area contributed by atoms with Gasteiger partial charge in [0.2, 0.25) is 0 Å². The van der Waals surface area contributed by atoms with Gasteiger partial charge in [-0.05, 0) is 17.7 Å². The van der Waals surface area contributed by atoms with Crippen LogP contribution >= 0.6 is 0 Å². The van der Waals surface area contributed by atoms with Crippen LogP contribution in [0.3, 0.4) is 0 Å². The van der Waals surface area contributed by atoms with Crippen molar-refractivity contribution in [2.24, 2.45) is 5.73 Å². The van der Waals surface area contributed by atoms with Gasteiger partial charge in [0.15, 0.2) is 11.5 Å². The Hall–Kier alpha value is -2.01. The quantitative estimate of drug-likeness (QED) is 0.867. The van der Waals surface area contributed by atoms with Crippen molar-refractivity contribution in [2.75, 3.05) is 14.2 Å². The third-order valence-electron chi connectivity index (χ3n) is 2.71. The normalized spacial score (nSPS) is 10.4. The van der Waals surface area contributed by atoms with E-state index in [1.54, 1.807) is 20.4 Å². The molecule has 1 aromatic heterocycles. The van der Waals surface area contributed by atoms with E-state index in [-0.39, 0.29) is 0 Å². The van der Waals surface area contributed by atoms with E-state index in [0.717, 1.165) is 22.6 Å². The van der Waals surface area contributed by atoms with Crippen LogP contribution in [0.15, 0.2) is 30.6 Å². The molecular weight excluding hydrogens is 230 g/mol. The molecule has 2 aromatic rings. The Labute approximate surface area is 106 Å². The van der Waals surface area contributed by atoms with Crippen molar-refractivity contribution in [2.45, 2.75) is 13.1 Å². The summed E-state index contributed by atoms with van der Waals surface area (Å²) in [4.78, 5) is 0. The largest absolute Gasteiger partial charge is 0.493 e. The summed E-state index contributed by atoms with van der Waals surface area (Å²) in [6.07, 6.45) is 3.72. The number of rotatable bonds is 5. The van der Waals surface area contributed by atoms with Crippen LogP contribution in [0.25, 0.3) is 0 Å². The summed E-state index contributed by atoms with van der Waals surface area (Å²) in [7, 11) is 3.25. The molecule has 5 heteroatoms. The second kappa shape index (κ2) is 5.55. The van der Waals surface area contributed by atoms with E-state index in [1.807, 2.05) is 29.1 Å². The molecule has 2 N–H and O–H groups in total. The van der Waals surface area contributed by atoms with Gasteiger partial charge in [0.1, 0.15) is 0 Å². The lowest BCUT2D eigenvalue weighted by molar-refractivity contribution is 0.354. The number of ether oxygens (including phenoxy) is 2. The van der Waals surface area contributed by atoms with Crippen LogP contribution in [0.2, 0.25) is 0 Å². The van der Waals surface area contributed by atoms with Crippen molar-refractivity contribution in [1.29, 1.82) is 0 Å².